The van der Waals surface area contributed by atoms with Crippen molar-refractivity contribution in [1.29, 1.82) is 0 Å². The first-order chi connectivity index (χ1) is 12.8. The van der Waals surface area contributed by atoms with Crippen LogP contribution in [0.4, 0.5) is 30.6 Å². The molecule has 0 amide bonds. The number of anilines is 3. The zero-order valence-corrected chi connectivity index (χ0v) is 15.6. The number of benzene rings is 1. The maximum Gasteiger partial charge on any atom is 0.433 e. The molecule has 148 valence electrons. The molecule has 2 rings (SSSR count). The first kappa shape index (κ1) is 20.8. The van der Waals surface area contributed by atoms with E-state index >= 15 is 0 Å². The number of hydrogen-bond donors (Lipinski definition) is 2. The standard InChI is InChI=1S/C18H24F3N5O/c1-4-27-14-8-6-13(7-9-14)23-16-12-15(18(19,20)21)24-17(25-16)22-10-5-11-26(2)3/h6-9,12H,4-5,10-11H2,1-3H3,(H2,22,23,24,25). The number of hydrogen-bond acceptors (Lipinski definition) is 6. The summed E-state index contributed by atoms with van der Waals surface area (Å²) in [6.45, 7) is 3.69. The van der Waals surface area contributed by atoms with Crippen LogP contribution in [0.3, 0.4) is 0 Å². The largest absolute Gasteiger partial charge is 0.494 e. The Kier molecular flexibility index (Phi) is 7.23. The minimum Gasteiger partial charge on any atom is -0.494 e. The molecular formula is C18H24F3N5O. The Morgan fingerprint density at radius 2 is 1.81 bits per heavy atom. The van der Waals surface area contributed by atoms with Crippen LogP contribution in [0.2, 0.25) is 0 Å². The van der Waals surface area contributed by atoms with E-state index in [4.69, 9.17) is 4.74 Å². The fourth-order valence-electron chi connectivity index (χ4n) is 2.28. The smallest absolute Gasteiger partial charge is 0.433 e. The van der Waals surface area contributed by atoms with Crippen molar-refractivity contribution in [3.63, 3.8) is 0 Å². The van der Waals surface area contributed by atoms with Crippen LogP contribution in [0.25, 0.3) is 0 Å². The first-order valence-corrected chi connectivity index (χ1v) is 8.62. The lowest BCUT2D eigenvalue weighted by molar-refractivity contribution is -0.141. The Morgan fingerprint density at radius 1 is 1.11 bits per heavy atom. The molecule has 0 fully saturated rings. The van der Waals surface area contributed by atoms with Crippen molar-refractivity contribution in [2.24, 2.45) is 0 Å². The molecule has 1 heterocycles. The molecule has 1 aromatic carbocycles. The molecule has 2 N–H and O–H groups in total. The number of aromatic nitrogens is 2. The Bertz CT molecular complexity index is 720. The third kappa shape index (κ3) is 6.93. The number of ether oxygens (including phenoxy) is 1. The van der Waals surface area contributed by atoms with Gasteiger partial charge in [-0.1, -0.05) is 0 Å². The Morgan fingerprint density at radius 3 is 2.41 bits per heavy atom. The fraction of sp³-hybridized carbons (Fsp3) is 0.444. The van der Waals surface area contributed by atoms with Crippen LogP contribution in [0.1, 0.15) is 19.0 Å². The van der Waals surface area contributed by atoms with Crippen molar-refractivity contribution in [3.8, 4) is 5.75 Å². The molecule has 1 aromatic heterocycles. The van der Waals surface area contributed by atoms with Gasteiger partial charge in [0.1, 0.15) is 11.6 Å². The van der Waals surface area contributed by atoms with Gasteiger partial charge >= 0.3 is 6.18 Å². The third-order valence-corrected chi connectivity index (χ3v) is 3.52. The lowest BCUT2D eigenvalue weighted by Crippen LogP contribution is -2.18. The molecule has 0 saturated heterocycles. The van der Waals surface area contributed by atoms with E-state index in [2.05, 4.69) is 20.6 Å². The number of alkyl halides is 3. The van der Waals surface area contributed by atoms with Gasteiger partial charge in [-0.2, -0.15) is 18.2 Å². The molecule has 0 aliphatic heterocycles. The van der Waals surface area contributed by atoms with E-state index in [0.717, 1.165) is 19.0 Å². The van der Waals surface area contributed by atoms with Gasteiger partial charge in [0.25, 0.3) is 0 Å². The fourth-order valence-corrected chi connectivity index (χ4v) is 2.28. The van der Waals surface area contributed by atoms with Crippen LogP contribution in [0.5, 0.6) is 5.75 Å². The molecule has 0 aliphatic carbocycles. The van der Waals surface area contributed by atoms with Crippen LogP contribution in [0.15, 0.2) is 30.3 Å². The van der Waals surface area contributed by atoms with E-state index in [-0.39, 0.29) is 11.8 Å². The van der Waals surface area contributed by atoms with Crippen LogP contribution in [0, 0.1) is 0 Å². The topological polar surface area (TPSA) is 62.3 Å². The van der Waals surface area contributed by atoms with Gasteiger partial charge in [-0.15, -0.1) is 0 Å². The summed E-state index contributed by atoms with van der Waals surface area (Å²) in [4.78, 5) is 9.71. The minimum atomic E-state index is -4.56. The van der Waals surface area contributed by atoms with Gasteiger partial charge in [-0.3, -0.25) is 0 Å². The van der Waals surface area contributed by atoms with Crippen LogP contribution in [-0.2, 0) is 6.18 Å². The highest BCUT2D eigenvalue weighted by atomic mass is 19.4. The maximum atomic E-state index is 13.1. The predicted octanol–water partition coefficient (Wildman–Crippen LogP) is 4.00. The van der Waals surface area contributed by atoms with Gasteiger partial charge < -0.3 is 20.3 Å². The van der Waals surface area contributed by atoms with Gasteiger partial charge in [0.05, 0.1) is 6.61 Å². The summed E-state index contributed by atoms with van der Waals surface area (Å²) in [5.41, 5.74) is -0.398. The van der Waals surface area contributed by atoms with Gasteiger partial charge in [-0.05, 0) is 58.3 Å². The zero-order valence-electron chi connectivity index (χ0n) is 15.6. The molecule has 9 heteroatoms. The van der Waals surface area contributed by atoms with Crippen molar-refractivity contribution in [2.75, 3.05) is 44.4 Å². The highest BCUT2D eigenvalue weighted by molar-refractivity contribution is 5.58. The molecule has 27 heavy (non-hydrogen) atoms. The van der Waals surface area contributed by atoms with Gasteiger partial charge in [0.2, 0.25) is 5.95 Å². The summed E-state index contributed by atoms with van der Waals surface area (Å²) in [5.74, 6) is 0.693. The molecule has 0 unspecified atom stereocenters. The molecular weight excluding hydrogens is 359 g/mol. The van der Waals surface area contributed by atoms with E-state index in [0.29, 0.717) is 24.6 Å². The second-order valence-electron chi connectivity index (χ2n) is 6.13. The van der Waals surface area contributed by atoms with Crippen molar-refractivity contribution in [3.05, 3.63) is 36.0 Å². The Hall–Kier alpha value is -2.55. The van der Waals surface area contributed by atoms with Crippen molar-refractivity contribution >= 4 is 17.5 Å². The summed E-state index contributed by atoms with van der Waals surface area (Å²) < 4.78 is 44.8. The quantitative estimate of drug-likeness (QED) is 0.638. The van der Waals surface area contributed by atoms with Crippen molar-refractivity contribution in [2.45, 2.75) is 19.5 Å². The zero-order chi connectivity index (χ0) is 19.9. The van der Waals surface area contributed by atoms with Gasteiger partial charge in [0, 0.05) is 18.3 Å². The summed E-state index contributed by atoms with van der Waals surface area (Å²) in [6.07, 6.45) is -3.80. The normalized spacial score (nSPS) is 11.5. The monoisotopic (exact) mass is 383 g/mol. The van der Waals surface area contributed by atoms with Crippen LogP contribution >= 0.6 is 0 Å². The van der Waals surface area contributed by atoms with E-state index in [1.807, 2.05) is 25.9 Å². The molecule has 6 nitrogen and oxygen atoms in total. The second-order valence-corrected chi connectivity index (χ2v) is 6.13. The maximum absolute atomic E-state index is 13.1. The second kappa shape index (κ2) is 9.40. The molecule has 0 atom stereocenters. The molecule has 0 saturated carbocycles. The molecule has 0 radical (unpaired) electrons. The predicted molar refractivity (Wildman–Crippen MR) is 99.6 cm³/mol. The lowest BCUT2D eigenvalue weighted by atomic mass is 10.3. The Balaban J connectivity index is 2.14. The average molecular weight is 383 g/mol. The van der Waals surface area contributed by atoms with E-state index in [1.54, 1.807) is 24.3 Å². The summed E-state index contributed by atoms with van der Waals surface area (Å²) >= 11 is 0. The minimum absolute atomic E-state index is 0.0583. The van der Waals surface area contributed by atoms with Crippen LogP contribution < -0.4 is 15.4 Å². The first-order valence-electron chi connectivity index (χ1n) is 8.62. The number of rotatable bonds is 9. The molecule has 0 aliphatic rings. The highest BCUT2D eigenvalue weighted by Gasteiger charge is 2.33. The molecule has 2 aromatic rings. The van der Waals surface area contributed by atoms with E-state index < -0.39 is 11.9 Å². The lowest BCUT2D eigenvalue weighted by Gasteiger charge is -2.14. The van der Waals surface area contributed by atoms with E-state index in [9.17, 15) is 13.2 Å². The number of halogens is 3. The van der Waals surface area contributed by atoms with Crippen molar-refractivity contribution in [1.82, 2.24) is 14.9 Å². The Labute approximate surface area is 156 Å². The van der Waals surface area contributed by atoms with Gasteiger partial charge in [0.15, 0.2) is 5.69 Å². The summed E-state index contributed by atoms with van der Waals surface area (Å²) in [6, 6.07) is 7.78. The van der Waals surface area contributed by atoms with Crippen molar-refractivity contribution < 1.29 is 17.9 Å². The third-order valence-electron chi connectivity index (χ3n) is 3.52. The van der Waals surface area contributed by atoms with Crippen LogP contribution in [-0.4, -0.2) is 48.7 Å². The number of nitrogens with one attached hydrogen (secondary N) is 2. The highest BCUT2D eigenvalue weighted by Crippen LogP contribution is 2.30. The summed E-state index contributed by atoms with van der Waals surface area (Å²) in [7, 11) is 3.86. The van der Waals surface area contributed by atoms with Gasteiger partial charge in [-0.25, -0.2) is 4.98 Å². The molecule has 0 spiro atoms. The summed E-state index contributed by atoms with van der Waals surface area (Å²) in [5, 5.41) is 5.74. The average Bonchev–Trinajstić information content (AvgIpc) is 2.60. The number of nitrogens with zero attached hydrogens (tertiary/aromatic N) is 3. The molecule has 0 bridgehead atoms. The SMILES string of the molecule is CCOc1ccc(Nc2cc(C(F)(F)F)nc(NCCCN(C)C)n2)cc1. The van der Waals surface area contributed by atoms with E-state index in [1.165, 1.54) is 0 Å².